The number of rotatable bonds is 1. The summed E-state index contributed by atoms with van der Waals surface area (Å²) < 4.78 is 1.34. The van der Waals surface area contributed by atoms with Gasteiger partial charge in [-0.1, -0.05) is 12.5 Å². The van der Waals surface area contributed by atoms with Crippen LogP contribution in [-0.4, -0.2) is 37.1 Å². The van der Waals surface area contributed by atoms with Crippen LogP contribution in [0.5, 0.6) is 0 Å². The fraction of sp³-hybridized carbons (Fsp3) is 0.600. The van der Waals surface area contributed by atoms with Crippen molar-refractivity contribution in [3.8, 4) is 0 Å². The molecular formula is C15H21IN2. The minimum atomic E-state index is 0.791. The number of hydrogen-bond donors (Lipinski definition) is 0. The monoisotopic (exact) mass is 356 g/mol. The van der Waals surface area contributed by atoms with E-state index < -0.39 is 0 Å². The number of halogens is 1. The molecule has 1 aromatic carbocycles. The minimum Gasteiger partial charge on any atom is -0.370 e. The van der Waals surface area contributed by atoms with E-state index >= 15 is 0 Å². The van der Waals surface area contributed by atoms with E-state index in [1.165, 1.54) is 61.1 Å². The van der Waals surface area contributed by atoms with Gasteiger partial charge in [0.15, 0.2) is 0 Å². The van der Waals surface area contributed by atoms with E-state index in [1.54, 1.807) is 0 Å². The number of piperidine rings is 1. The number of nitrogens with zero attached hydrogens (tertiary/aromatic N) is 2. The molecule has 2 heterocycles. The van der Waals surface area contributed by atoms with Crippen LogP contribution < -0.4 is 4.90 Å². The van der Waals surface area contributed by atoms with Crippen molar-refractivity contribution in [2.45, 2.75) is 31.7 Å². The maximum Gasteiger partial charge on any atom is 0.0377 e. The van der Waals surface area contributed by atoms with Gasteiger partial charge in [0, 0.05) is 34.9 Å². The number of fused-ring (bicyclic) bond motifs is 1. The quantitative estimate of drug-likeness (QED) is 0.712. The van der Waals surface area contributed by atoms with Crippen LogP contribution in [0.1, 0.15) is 25.7 Å². The molecule has 0 bridgehead atoms. The minimum absolute atomic E-state index is 0.791. The molecule has 2 fully saturated rings. The van der Waals surface area contributed by atoms with Crippen LogP contribution in [0.25, 0.3) is 0 Å². The summed E-state index contributed by atoms with van der Waals surface area (Å²) in [6, 6.07) is 9.73. The lowest BCUT2D eigenvalue weighted by atomic mass is 10.0. The van der Waals surface area contributed by atoms with Gasteiger partial charge >= 0.3 is 0 Å². The summed E-state index contributed by atoms with van der Waals surface area (Å²) in [7, 11) is 0. The Balaban J connectivity index is 1.76. The molecule has 0 radical (unpaired) electrons. The molecule has 98 valence electrons. The van der Waals surface area contributed by atoms with Gasteiger partial charge in [-0.2, -0.15) is 0 Å². The van der Waals surface area contributed by atoms with Crippen molar-refractivity contribution < 1.29 is 0 Å². The van der Waals surface area contributed by atoms with E-state index in [2.05, 4.69) is 56.7 Å². The van der Waals surface area contributed by atoms with Crippen LogP contribution in [0.4, 0.5) is 5.69 Å². The Morgan fingerprint density at radius 1 is 1.06 bits per heavy atom. The maximum atomic E-state index is 2.72. The summed E-state index contributed by atoms with van der Waals surface area (Å²) in [5, 5.41) is 0. The average Bonchev–Trinajstić information content (AvgIpc) is 2.60. The van der Waals surface area contributed by atoms with E-state index in [-0.39, 0.29) is 0 Å². The lowest BCUT2D eigenvalue weighted by Gasteiger charge is -2.35. The first-order valence-electron chi connectivity index (χ1n) is 7.07. The van der Waals surface area contributed by atoms with Gasteiger partial charge in [0.05, 0.1) is 0 Å². The van der Waals surface area contributed by atoms with Gasteiger partial charge < -0.3 is 4.90 Å². The zero-order valence-electron chi connectivity index (χ0n) is 10.8. The lowest BCUT2D eigenvalue weighted by Crippen LogP contribution is -2.44. The Morgan fingerprint density at radius 2 is 1.94 bits per heavy atom. The number of anilines is 1. The lowest BCUT2D eigenvalue weighted by molar-refractivity contribution is 0.162. The molecule has 0 aromatic heterocycles. The highest BCUT2D eigenvalue weighted by Crippen LogP contribution is 2.25. The van der Waals surface area contributed by atoms with Crippen molar-refractivity contribution in [3.63, 3.8) is 0 Å². The largest absolute Gasteiger partial charge is 0.370 e. The Bertz CT molecular complexity index is 407. The van der Waals surface area contributed by atoms with Crippen molar-refractivity contribution in [1.29, 1.82) is 0 Å². The molecule has 0 N–H and O–H groups in total. The molecule has 2 aliphatic heterocycles. The Labute approximate surface area is 123 Å². The molecule has 1 aromatic rings. The smallest absolute Gasteiger partial charge is 0.0377 e. The Kier molecular flexibility index (Phi) is 4.09. The van der Waals surface area contributed by atoms with E-state index in [0.717, 1.165) is 6.04 Å². The van der Waals surface area contributed by atoms with Crippen molar-refractivity contribution in [1.82, 2.24) is 4.90 Å². The van der Waals surface area contributed by atoms with Crippen molar-refractivity contribution >= 4 is 28.3 Å². The molecule has 0 saturated carbocycles. The Hall–Kier alpha value is -0.290. The van der Waals surface area contributed by atoms with Crippen LogP contribution in [-0.2, 0) is 0 Å². The van der Waals surface area contributed by atoms with E-state index in [9.17, 15) is 0 Å². The third-order valence-electron chi connectivity index (χ3n) is 4.23. The molecular weight excluding hydrogens is 335 g/mol. The molecule has 0 spiro atoms. The SMILES string of the molecule is Ic1cccc(N2CCCN3CCCCC3C2)c1. The average molecular weight is 356 g/mol. The second-order valence-electron chi connectivity index (χ2n) is 5.47. The second kappa shape index (κ2) is 5.78. The van der Waals surface area contributed by atoms with Crippen molar-refractivity contribution in [2.24, 2.45) is 0 Å². The normalized spacial score (nSPS) is 25.6. The van der Waals surface area contributed by atoms with Gasteiger partial charge in [-0.3, -0.25) is 4.90 Å². The molecule has 1 unspecified atom stereocenters. The van der Waals surface area contributed by atoms with E-state index in [1.807, 2.05) is 0 Å². The fourth-order valence-corrected chi connectivity index (χ4v) is 3.81. The molecule has 2 aliphatic rings. The topological polar surface area (TPSA) is 6.48 Å². The summed E-state index contributed by atoms with van der Waals surface area (Å²) in [4.78, 5) is 5.32. The molecule has 3 heteroatoms. The van der Waals surface area contributed by atoms with Crippen LogP contribution >= 0.6 is 22.6 Å². The molecule has 3 rings (SSSR count). The summed E-state index contributed by atoms with van der Waals surface area (Å²) >= 11 is 2.41. The van der Waals surface area contributed by atoms with Gasteiger partial charge in [0.25, 0.3) is 0 Å². The van der Waals surface area contributed by atoms with Crippen molar-refractivity contribution in [2.75, 3.05) is 31.1 Å². The molecule has 0 amide bonds. The molecule has 0 aliphatic carbocycles. The van der Waals surface area contributed by atoms with Gasteiger partial charge in [0.2, 0.25) is 0 Å². The zero-order valence-corrected chi connectivity index (χ0v) is 13.0. The summed E-state index contributed by atoms with van der Waals surface area (Å²) in [6.45, 7) is 5.06. The van der Waals surface area contributed by atoms with Crippen LogP contribution in [0.3, 0.4) is 0 Å². The summed E-state index contributed by atoms with van der Waals surface area (Å²) in [5.41, 5.74) is 1.41. The predicted molar refractivity (Wildman–Crippen MR) is 85.2 cm³/mol. The standard InChI is InChI=1S/C15H21IN2/c16-13-5-3-7-14(11-13)18-10-4-9-17-8-2-1-6-15(17)12-18/h3,5,7,11,15H,1-2,4,6,8-10,12H2. The van der Waals surface area contributed by atoms with Crippen LogP contribution in [0.15, 0.2) is 24.3 Å². The first-order valence-corrected chi connectivity index (χ1v) is 8.15. The van der Waals surface area contributed by atoms with E-state index in [0.29, 0.717) is 0 Å². The summed E-state index contributed by atoms with van der Waals surface area (Å²) in [6.07, 6.45) is 5.52. The highest BCUT2D eigenvalue weighted by atomic mass is 127. The molecule has 1 atom stereocenters. The highest BCUT2D eigenvalue weighted by molar-refractivity contribution is 14.1. The van der Waals surface area contributed by atoms with Gasteiger partial charge in [-0.15, -0.1) is 0 Å². The number of benzene rings is 1. The third-order valence-corrected chi connectivity index (χ3v) is 4.90. The zero-order chi connectivity index (χ0) is 12.4. The Morgan fingerprint density at radius 3 is 2.83 bits per heavy atom. The van der Waals surface area contributed by atoms with Crippen LogP contribution in [0, 0.1) is 3.57 Å². The van der Waals surface area contributed by atoms with Gasteiger partial charge in [-0.25, -0.2) is 0 Å². The molecule has 18 heavy (non-hydrogen) atoms. The maximum absolute atomic E-state index is 2.72. The van der Waals surface area contributed by atoms with Gasteiger partial charge in [0.1, 0.15) is 0 Å². The van der Waals surface area contributed by atoms with E-state index in [4.69, 9.17) is 0 Å². The predicted octanol–water partition coefficient (Wildman–Crippen LogP) is 3.36. The van der Waals surface area contributed by atoms with Gasteiger partial charge in [-0.05, 0) is 66.6 Å². The third kappa shape index (κ3) is 2.82. The molecule has 2 saturated heterocycles. The number of hydrogen-bond acceptors (Lipinski definition) is 2. The first kappa shape index (κ1) is 12.7. The highest BCUT2D eigenvalue weighted by Gasteiger charge is 2.27. The summed E-state index contributed by atoms with van der Waals surface area (Å²) in [5.74, 6) is 0. The molecule has 2 nitrogen and oxygen atoms in total. The van der Waals surface area contributed by atoms with Crippen LogP contribution in [0.2, 0.25) is 0 Å². The first-order chi connectivity index (χ1) is 8.83. The fourth-order valence-electron chi connectivity index (χ4n) is 3.28. The van der Waals surface area contributed by atoms with Crippen molar-refractivity contribution in [3.05, 3.63) is 27.8 Å². The second-order valence-corrected chi connectivity index (χ2v) is 6.71.